The summed E-state index contributed by atoms with van der Waals surface area (Å²) in [5, 5.41) is 20.7. The van der Waals surface area contributed by atoms with Crippen LogP contribution < -0.4 is 19.5 Å². The minimum Gasteiger partial charge on any atom is -0.494 e. The van der Waals surface area contributed by atoms with Gasteiger partial charge >= 0.3 is 5.97 Å². The molecule has 8 heteroatoms. The molecule has 0 bridgehead atoms. The number of carbonyl (C=O) groups excluding carboxylic acids is 1. The topological polar surface area (TPSA) is 118 Å². The minimum absolute atomic E-state index is 0.118. The van der Waals surface area contributed by atoms with Crippen LogP contribution in [0.5, 0.6) is 17.2 Å². The van der Waals surface area contributed by atoms with Crippen molar-refractivity contribution in [1.29, 1.82) is 5.26 Å². The van der Waals surface area contributed by atoms with Crippen molar-refractivity contribution in [1.82, 2.24) is 0 Å². The standard InChI is InChI=1S/C21H20N2O6/c1-3-28-17-6-4-5-16(11-17)23-21(26)15(12-22)9-14-7-8-18(19(10-14)27-2)29-13-20(24)25/h4-11H,3,13H2,1-2H3,(H,23,26)(H,24,25). The molecule has 150 valence electrons. The van der Waals surface area contributed by atoms with Gasteiger partial charge in [-0.1, -0.05) is 12.1 Å². The van der Waals surface area contributed by atoms with Crippen molar-refractivity contribution in [3.05, 3.63) is 53.6 Å². The summed E-state index contributed by atoms with van der Waals surface area (Å²) >= 11 is 0. The molecule has 0 unspecified atom stereocenters. The predicted molar refractivity (Wildman–Crippen MR) is 106 cm³/mol. The van der Waals surface area contributed by atoms with E-state index in [-0.39, 0.29) is 17.1 Å². The summed E-state index contributed by atoms with van der Waals surface area (Å²) in [6, 6.07) is 13.3. The molecule has 2 N–H and O–H groups in total. The molecule has 0 saturated heterocycles. The Bertz CT molecular complexity index is 962. The van der Waals surface area contributed by atoms with E-state index in [1.54, 1.807) is 30.3 Å². The van der Waals surface area contributed by atoms with Crippen molar-refractivity contribution in [2.24, 2.45) is 0 Å². The Labute approximate surface area is 167 Å². The molecule has 0 fully saturated rings. The average Bonchev–Trinajstić information content (AvgIpc) is 2.71. The first-order valence-electron chi connectivity index (χ1n) is 8.65. The summed E-state index contributed by atoms with van der Waals surface area (Å²) in [7, 11) is 1.40. The molecular formula is C21H20N2O6. The molecule has 0 radical (unpaired) electrons. The maximum Gasteiger partial charge on any atom is 0.341 e. The highest BCUT2D eigenvalue weighted by atomic mass is 16.5. The fraction of sp³-hybridized carbons (Fsp3) is 0.190. The van der Waals surface area contributed by atoms with Crippen LogP contribution in [0.3, 0.4) is 0 Å². The number of methoxy groups -OCH3 is 1. The van der Waals surface area contributed by atoms with Gasteiger partial charge in [-0.3, -0.25) is 4.79 Å². The third-order valence-electron chi connectivity index (χ3n) is 3.62. The molecule has 0 aliphatic rings. The summed E-state index contributed by atoms with van der Waals surface area (Å²) in [5.74, 6) is -0.571. The average molecular weight is 396 g/mol. The Balaban J connectivity index is 2.20. The Morgan fingerprint density at radius 2 is 1.97 bits per heavy atom. The zero-order valence-electron chi connectivity index (χ0n) is 16.0. The molecular weight excluding hydrogens is 376 g/mol. The maximum absolute atomic E-state index is 12.5. The lowest BCUT2D eigenvalue weighted by Crippen LogP contribution is -2.13. The highest BCUT2D eigenvalue weighted by molar-refractivity contribution is 6.09. The van der Waals surface area contributed by atoms with E-state index in [1.165, 1.54) is 25.3 Å². The fourth-order valence-electron chi connectivity index (χ4n) is 2.38. The molecule has 8 nitrogen and oxygen atoms in total. The Kier molecular flexibility index (Phi) is 7.62. The van der Waals surface area contributed by atoms with Crippen LogP contribution in [0.1, 0.15) is 12.5 Å². The van der Waals surface area contributed by atoms with Crippen molar-refractivity contribution >= 4 is 23.6 Å². The number of aliphatic carboxylic acids is 1. The zero-order valence-corrected chi connectivity index (χ0v) is 16.0. The van der Waals surface area contributed by atoms with E-state index in [4.69, 9.17) is 19.3 Å². The van der Waals surface area contributed by atoms with Gasteiger partial charge in [0.05, 0.1) is 13.7 Å². The number of carbonyl (C=O) groups is 2. The second-order valence-electron chi connectivity index (χ2n) is 5.68. The lowest BCUT2D eigenvalue weighted by Gasteiger charge is -2.10. The number of nitrogens with zero attached hydrogens (tertiary/aromatic N) is 1. The Hall–Kier alpha value is -3.99. The molecule has 2 aromatic carbocycles. The van der Waals surface area contributed by atoms with Crippen LogP contribution in [0.2, 0.25) is 0 Å². The molecule has 0 saturated carbocycles. The van der Waals surface area contributed by atoms with E-state index in [9.17, 15) is 14.9 Å². The number of hydrogen-bond donors (Lipinski definition) is 2. The van der Waals surface area contributed by atoms with Crippen LogP contribution >= 0.6 is 0 Å². The number of carboxylic acids is 1. The van der Waals surface area contributed by atoms with Crippen LogP contribution in [0.4, 0.5) is 5.69 Å². The van der Waals surface area contributed by atoms with Crippen LogP contribution in [0, 0.1) is 11.3 Å². The number of ether oxygens (including phenoxy) is 3. The van der Waals surface area contributed by atoms with Crippen molar-refractivity contribution in [2.75, 3.05) is 25.6 Å². The molecule has 29 heavy (non-hydrogen) atoms. The van der Waals surface area contributed by atoms with Gasteiger partial charge in [0.25, 0.3) is 5.91 Å². The molecule has 0 spiro atoms. The van der Waals surface area contributed by atoms with E-state index in [0.717, 1.165) is 0 Å². The number of nitriles is 1. The highest BCUT2D eigenvalue weighted by Crippen LogP contribution is 2.29. The van der Waals surface area contributed by atoms with Gasteiger partial charge in [-0.2, -0.15) is 5.26 Å². The lowest BCUT2D eigenvalue weighted by atomic mass is 10.1. The van der Waals surface area contributed by atoms with E-state index in [1.807, 2.05) is 13.0 Å². The highest BCUT2D eigenvalue weighted by Gasteiger charge is 2.12. The van der Waals surface area contributed by atoms with Gasteiger partial charge in [-0.05, 0) is 42.8 Å². The van der Waals surface area contributed by atoms with E-state index in [0.29, 0.717) is 23.6 Å². The van der Waals surface area contributed by atoms with Crippen LogP contribution in [0.25, 0.3) is 6.08 Å². The van der Waals surface area contributed by atoms with E-state index >= 15 is 0 Å². The second kappa shape index (κ2) is 10.4. The summed E-state index contributed by atoms with van der Waals surface area (Å²) in [4.78, 5) is 23.1. The molecule has 2 aromatic rings. The maximum atomic E-state index is 12.5. The van der Waals surface area contributed by atoms with Crippen LogP contribution in [-0.2, 0) is 9.59 Å². The third-order valence-corrected chi connectivity index (χ3v) is 3.62. The number of nitrogens with one attached hydrogen (secondary N) is 1. The predicted octanol–water partition coefficient (Wildman–Crippen LogP) is 3.10. The number of rotatable bonds is 9. The number of anilines is 1. The van der Waals surface area contributed by atoms with Gasteiger partial charge in [0.15, 0.2) is 18.1 Å². The SMILES string of the molecule is CCOc1cccc(NC(=O)C(C#N)=Cc2ccc(OCC(=O)O)c(OC)c2)c1. The normalized spacial score (nSPS) is 10.6. The van der Waals surface area contributed by atoms with Crippen molar-refractivity contribution in [3.8, 4) is 23.3 Å². The molecule has 0 aliphatic heterocycles. The van der Waals surface area contributed by atoms with Gasteiger partial charge in [0.1, 0.15) is 17.4 Å². The number of benzene rings is 2. The zero-order chi connectivity index (χ0) is 21.2. The van der Waals surface area contributed by atoms with Crippen LogP contribution in [0.15, 0.2) is 48.0 Å². The molecule has 0 atom stereocenters. The van der Waals surface area contributed by atoms with E-state index < -0.39 is 18.5 Å². The van der Waals surface area contributed by atoms with Gasteiger partial charge < -0.3 is 24.6 Å². The van der Waals surface area contributed by atoms with Gasteiger partial charge in [-0.25, -0.2) is 4.79 Å². The van der Waals surface area contributed by atoms with Gasteiger partial charge in [0, 0.05) is 11.8 Å². The molecule has 2 rings (SSSR count). The summed E-state index contributed by atoms with van der Waals surface area (Å²) in [6.07, 6.45) is 1.39. The van der Waals surface area contributed by atoms with E-state index in [2.05, 4.69) is 5.32 Å². The monoisotopic (exact) mass is 396 g/mol. The smallest absolute Gasteiger partial charge is 0.341 e. The van der Waals surface area contributed by atoms with Crippen molar-refractivity contribution in [3.63, 3.8) is 0 Å². The molecule has 0 heterocycles. The largest absolute Gasteiger partial charge is 0.494 e. The summed E-state index contributed by atoms with van der Waals surface area (Å²) < 4.78 is 15.7. The molecule has 0 aromatic heterocycles. The fourth-order valence-corrected chi connectivity index (χ4v) is 2.38. The number of amides is 1. The number of carboxylic acid groups (broad SMARTS) is 1. The molecule has 0 aliphatic carbocycles. The first kappa shape index (κ1) is 21.3. The van der Waals surface area contributed by atoms with Crippen LogP contribution in [-0.4, -0.2) is 37.3 Å². The first-order chi connectivity index (χ1) is 14.0. The van der Waals surface area contributed by atoms with Gasteiger partial charge in [-0.15, -0.1) is 0 Å². The summed E-state index contributed by atoms with van der Waals surface area (Å²) in [6.45, 7) is 1.83. The Morgan fingerprint density at radius 3 is 2.62 bits per heavy atom. The van der Waals surface area contributed by atoms with Crippen molar-refractivity contribution < 1.29 is 28.9 Å². The minimum atomic E-state index is -1.12. The lowest BCUT2D eigenvalue weighted by molar-refractivity contribution is -0.139. The number of hydrogen-bond acceptors (Lipinski definition) is 6. The molecule has 1 amide bonds. The summed E-state index contributed by atoms with van der Waals surface area (Å²) in [5.41, 5.74) is 0.893. The quantitative estimate of drug-likeness (QED) is 0.494. The third kappa shape index (κ3) is 6.29. The first-order valence-corrected chi connectivity index (χ1v) is 8.65. The second-order valence-corrected chi connectivity index (χ2v) is 5.68. The Morgan fingerprint density at radius 1 is 1.17 bits per heavy atom. The van der Waals surface area contributed by atoms with Crippen molar-refractivity contribution in [2.45, 2.75) is 6.92 Å². The van der Waals surface area contributed by atoms with Gasteiger partial charge in [0.2, 0.25) is 0 Å².